The summed E-state index contributed by atoms with van der Waals surface area (Å²) >= 11 is 2.45. The van der Waals surface area contributed by atoms with Crippen molar-refractivity contribution in [2.24, 2.45) is 0 Å². The predicted molar refractivity (Wildman–Crippen MR) is 58.6 cm³/mol. The third kappa shape index (κ3) is 3.16. The topological polar surface area (TPSA) is 26.7 Å². The summed E-state index contributed by atoms with van der Waals surface area (Å²) in [5, 5.41) is 8.74. The summed E-state index contributed by atoms with van der Waals surface area (Å²) in [6.45, 7) is 7.85. The molecule has 1 aliphatic rings. The fourth-order valence-corrected chi connectivity index (χ4v) is 2.04. The van der Waals surface area contributed by atoms with Gasteiger partial charge in [0.15, 0.2) is 0 Å². The number of aliphatic hydroxyl groups excluding tert-OH is 1. The quantitative estimate of drug-likeness (QED) is 0.461. The van der Waals surface area contributed by atoms with Gasteiger partial charge in [0, 0.05) is 32.7 Å². The van der Waals surface area contributed by atoms with Crippen molar-refractivity contribution in [3.63, 3.8) is 0 Å². The van der Waals surface area contributed by atoms with Gasteiger partial charge in [-0.25, -0.2) is 0 Å². The van der Waals surface area contributed by atoms with Crippen molar-refractivity contribution >= 4 is 22.6 Å². The Kier molecular flexibility index (Phi) is 4.78. The molecule has 0 aliphatic carbocycles. The van der Waals surface area contributed by atoms with Gasteiger partial charge in [0.1, 0.15) is 0 Å². The molecule has 3 nitrogen and oxygen atoms in total. The molecule has 0 saturated carbocycles. The lowest BCUT2D eigenvalue weighted by atomic mass is 10.3. The molecule has 0 aromatic heterocycles. The first-order chi connectivity index (χ1) is 5.74. The Morgan fingerprint density at radius 3 is 2.33 bits per heavy atom. The third-order valence-corrected chi connectivity index (χ3v) is 3.11. The molecule has 1 rings (SSSR count). The lowest BCUT2D eigenvalue weighted by molar-refractivity contribution is 0.112. The first-order valence-corrected chi connectivity index (χ1v) is 5.70. The average molecular weight is 284 g/mol. The number of nitrogens with zero attached hydrogens (tertiary/aromatic N) is 2. The predicted octanol–water partition coefficient (Wildman–Crippen LogP) is 0.377. The Hall–Kier alpha value is 0.610. The lowest BCUT2D eigenvalue weighted by Crippen LogP contribution is -2.48. The molecule has 1 atom stereocenters. The molecular weight excluding hydrogens is 267 g/mol. The van der Waals surface area contributed by atoms with Crippen LogP contribution in [0.2, 0.25) is 0 Å². The van der Waals surface area contributed by atoms with Crippen LogP contribution in [0.25, 0.3) is 0 Å². The van der Waals surface area contributed by atoms with Gasteiger partial charge >= 0.3 is 0 Å². The number of hydrogen-bond acceptors (Lipinski definition) is 3. The second-order valence-electron chi connectivity index (χ2n) is 3.18. The van der Waals surface area contributed by atoms with Gasteiger partial charge in [-0.2, -0.15) is 0 Å². The van der Waals surface area contributed by atoms with Crippen molar-refractivity contribution in [2.45, 2.75) is 11.0 Å². The van der Waals surface area contributed by atoms with Crippen molar-refractivity contribution in [1.29, 1.82) is 0 Å². The van der Waals surface area contributed by atoms with E-state index < -0.39 is 0 Å². The van der Waals surface area contributed by atoms with Gasteiger partial charge in [-0.05, 0) is 6.92 Å². The standard InChI is InChI=1S/C8H17IN2O/c1-8(9)11-4-2-10(3-5-11)6-7-12/h8,12H,2-7H2,1H3. The second kappa shape index (κ2) is 5.36. The van der Waals surface area contributed by atoms with E-state index in [1.165, 1.54) is 0 Å². The number of rotatable bonds is 3. The minimum Gasteiger partial charge on any atom is -0.395 e. The Morgan fingerprint density at radius 1 is 1.33 bits per heavy atom. The van der Waals surface area contributed by atoms with Crippen molar-refractivity contribution < 1.29 is 5.11 Å². The minimum absolute atomic E-state index is 0.291. The number of piperazine rings is 1. The van der Waals surface area contributed by atoms with Crippen molar-refractivity contribution in [2.75, 3.05) is 39.3 Å². The molecule has 1 unspecified atom stereocenters. The number of halogens is 1. The molecule has 12 heavy (non-hydrogen) atoms. The molecule has 1 saturated heterocycles. The van der Waals surface area contributed by atoms with Crippen LogP contribution in [0.4, 0.5) is 0 Å². The van der Waals surface area contributed by atoms with Crippen LogP contribution >= 0.6 is 22.6 Å². The molecule has 0 aromatic rings. The van der Waals surface area contributed by atoms with Crippen molar-refractivity contribution in [1.82, 2.24) is 9.80 Å². The zero-order valence-electron chi connectivity index (χ0n) is 7.54. The molecule has 0 spiro atoms. The summed E-state index contributed by atoms with van der Waals surface area (Å²) < 4.78 is 0.638. The first kappa shape index (κ1) is 10.7. The van der Waals surface area contributed by atoms with E-state index in [0.29, 0.717) is 10.7 Å². The normalized spacial score (nSPS) is 24.2. The molecule has 0 radical (unpaired) electrons. The second-order valence-corrected chi connectivity index (χ2v) is 4.98. The molecular formula is C8H17IN2O. The highest BCUT2D eigenvalue weighted by Gasteiger charge is 2.18. The Balaban J connectivity index is 2.20. The number of alkyl halides is 1. The number of aliphatic hydroxyl groups is 1. The highest BCUT2D eigenvalue weighted by molar-refractivity contribution is 14.1. The summed E-state index contributed by atoms with van der Waals surface area (Å²) in [5.74, 6) is 0. The van der Waals surface area contributed by atoms with Crippen molar-refractivity contribution in [3.8, 4) is 0 Å². The number of hydrogen-bond donors (Lipinski definition) is 1. The van der Waals surface area contributed by atoms with Crippen LogP contribution in [-0.4, -0.2) is 58.3 Å². The van der Waals surface area contributed by atoms with Gasteiger partial charge in [-0.15, -0.1) is 0 Å². The smallest absolute Gasteiger partial charge is 0.0590 e. The molecule has 1 heterocycles. The van der Waals surface area contributed by atoms with Crippen LogP contribution in [0.15, 0.2) is 0 Å². The highest BCUT2D eigenvalue weighted by Crippen LogP contribution is 2.10. The van der Waals surface area contributed by atoms with Gasteiger partial charge in [0.05, 0.1) is 10.7 Å². The van der Waals surface area contributed by atoms with Gasteiger partial charge in [-0.1, -0.05) is 22.6 Å². The molecule has 0 amide bonds. The van der Waals surface area contributed by atoms with E-state index in [0.717, 1.165) is 32.7 Å². The zero-order chi connectivity index (χ0) is 8.97. The summed E-state index contributed by atoms with van der Waals surface area (Å²) in [4.78, 5) is 4.78. The monoisotopic (exact) mass is 284 g/mol. The maximum Gasteiger partial charge on any atom is 0.0590 e. The van der Waals surface area contributed by atoms with Gasteiger partial charge in [-0.3, -0.25) is 9.80 Å². The molecule has 1 aliphatic heterocycles. The maximum atomic E-state index is 8.74. The first-order valence-electron chi connectivity index (χ1n) is 4.45. The van der Waals surface area contributed by atoms with Crippen LogP contribution < -0.4 is 0 Å². The van der Waals surface area contributed by atoms with E-state index in [-0.39, 0.29) is 0 Å². The van der Waals surface area contributed by atoms with Gasteiger partial charge < -0.3 is 5.11 Å². The summed E-state index contributed by atoms with van der Waals surface area (Å²) in [7, 11) is 0. The number of β-amino-alcohol motifs (C(OH)–C–C–N with tert-alkyl or cyclic N) is 1. The van der Waals surface area contributed by atoms with Gasteiger partial charge in [0.2, 0.25) is 0 Å². The van der Waals surface area contributed by atoms with Crippen LogP contribution in [0.1, 0.15) is 6.92 Å². The van der Waals surface area contributed by atoms with Crippen LogP contribution in [0.5, 0.6) is 0 Å². The average Bonchev–Trinajstić information content (AvgIpc) is 2.06. The Morgan fingerprint density at radius 2 is 1.92 bits per heavy atom. The van der Waals surface area contributed by atoms with E-state index in [2.05, 4.69) is 39.3 Å². The largest absolute Gasteiger partial charge is 0.395 e. The summed E-state index contributed by atoms with van der Waals surface area (Å²) in [5.41, 5.74) is 0. The van der Waals surface area contributed by atoms with Gasteiger partial charge in [0.25, 0.3) is 0 Å². The molecule has 1 N–H and O–H groups in total. The summed E-state index contributed by atoms with van der Waals surface area (Å²) in [6, 6.07) is 0. The SMILES string of the molecule is CC(I)N1CCN(CCO)CC1. The van der Waals surface area contributed by atoms with Crippen LogP contribution in [0, 0.1) is 0 Å². The summed E-state index contributed by atoms with van der Waals surface area (Å²) in [6.07, 6.45) is 0. The van der Waals surface area contributed by atoms with E-state index in [4.69, 9.17) is 5.11 Å². The molecule has 1 fully saturated rings. The molecule has 0 bridgehead atoms. The fraction of sp³-hybridized carbons (Fsp3) is 1.00. The van der Waals surface area contributed by atoms with E-state index in [1.807, 2.05) is 0 Å². The molecule has 4 heteroatoms. The molecule has 0 aromatic carbocycles. The fourth-order valence-electron chi connectivity index (χ4n) is 1.48. The Bertz CT molecular complexity index is 124. The van der Waals surface area contributed by atoms with E-state index in [1.54, 1.807) is 0 Å². The third-order valence-electron chi connectivity index (χ3n) is 2.33. The molecule has 72 valence electrons. The Labute approximate surface area is 87.9 Å². The van der Waals surface area contributed by atoms with E-state index in [9.17, 15) is 0 Å². The van der Waals surface area contributed by atoms with Crippen LogP contribution in [0.3, 0.4) is 0 Å². The van der Waals surface area contributed by atoms with Crippen LogP contribution in [-0.2, 0) is 0 Å². The van der Waals surface area contributed by atoms with Crippen molar-refractivity contribution in [3.05, 3.63) is 0 Å². The minimum atomic E-state index is 0.291. The zero-order valence-corrected chi connectivity index (χ0v) is 9.70. The maximum absolute atomic E-state index is 8.74. The van der Waals surface area contributed by atoms with E-state index >= 15 is 0 Å². The highest BCUT2D eigenvalue weighted by atomic mass is 127. The lowest BCUT2D eigenvalue weighted by Gasteiger charge is -2.35.